The Balaban J connectivity index is 2.51. The quantitative estimate of drug-likeness (QED) is 0.569. The van der Waals surface area contributed by atoms with Gasteiger partial charge in [-0.3, -0.25) is 4.79 Å². The Morgan fingerprint density at radius 3 is 2.61 bits per heavy atom. The van der Waals surface area contributed by atoms with Crippen LogP contribution in [0.5, 0.6) is 11.5 Å². The number of anilines is 1. The van der Waals surface area contributed by atoms with Crippen LogP contribution in [0.2, 0.25) is 5.15 Å². The third-order valence-corrected chi connectivity index (χ3v) is 2.54. The highest BCUT2D eigenvalue weighted by Gasteiger charge is 2.18. The van der Waals surface area contributed by atoms with Crippen molar-refractivity contribution in [2.24, 2.45) is 0 Å². The number of nitrogen functional groups attached to an aromatic ring is 1. The largest absolute Gasteiger partial charge is 0.508 e. The fraction of sp³-hybridized carbons (Fsp3) is 0. The zero-order chi connectivity index (χ0) is 13.3. The Morgan fingerprint density at radius 2 is 1.94 bits per heavy atom. The second-order valence-electron chi connectivity index (χ2n) is 3.60. The Labute approximate surface area is 107 Å². The number of nitrogens with two attached hydrogens (primary N) is 1. The van der Waals surface area contributed by atoms with Crippen LogP contribution in [0, 0.1) is 0 Å². The Morgan fingerprint density at radius 1 is 1.22 bits per heavy atom. The van der Waals surface area contributed by atoms with Crippen molar-refractivity contribution in [3.05, 3.63) is 46.7 Å². The number of rotatable bonds is 2. The average Bonchev–Trinajstić information content (AvgIpc) is 2.31. The predicted molar refractivity (Wildman–Crippen MR) is 66.9 cm³/mol. The van der Waals surface area contributed by atoms with Gasteiger partial charge in [0.25, 0.3) is 0 Å². The molecule has 2 rings (SSSR count). The van der Waals surface area contributed by atoms with Crippen molar-refractivity contribution in [1.29, 1.82) is 0 Å². The fourth-order valence-corrected chi connectivity index (χ4v) is 1.62. The topological polar surface area (TPSA) is 96.4 Å². The molecule has 0 aliphatic rings. The Kier molecular flexibility index (Phi) is 3.08. The maximum Gasteiger partial charge on any atom is 0.217 e. The van der Waals surface area contributed by atoms with Crippen molar-refractivity contribution in [3.63, 3.8) is 0 Å². The number of hydrogen-bond acceptors (Lipinski definition) is 5. The molecule has 1 heterocycles. The van der Waals surface area contributed by atoms with Gasteiger partial charge in [0.1, 0.15) is 22.3 Å². The number of ketones is 1. The number of phenolic OH excluding ortho intramolecular Hbond substituents is 2. The second kappa shape index (κ2) is 4.54. The maximum atomic E-state index is 12.1. The molecule has 92 valence electrons. The number of halogens is 1. The molecule has 0 saturated carbocycles. The molecule has 0 amide bonds. The minimum atomic E-state index is -0.562. The molecular formula is C12H9ClN2O3. The lowest BCUT2D eigenvalue weighted by atomic mass is 10.1. The predicted octanol–water partition coefficient (Wildman–Crippen LogP) is 1.96. The molecule has 0 spiro atoms. The van der Waals surface area contributed by atoms with Gasteiger partial charge in [-0.2, -0.15) is 0 Å². The molecule has 0 bridgehead atoms. The molecule has 1 aromatic heterocycles. The minimum Gasteiger partial charge on any atom is -0.508 e. The van der Waals surface area contributed by atoms with E-state index in [1.165, 1.54) is 24.3 Å². The number of benzene rings is 1. The Bertz CT molecular complexity index is 629. The van der Waals surface area contributed by atoms with E-state index in [0.29, 0.717) is 0 Å². The summed E-state index contributed by atoms with van der Waals surface area (Å²) < 4.78 is 0. The zero-order valence-electron chi connectivity index (χ0n) is 9.09. The molecule has 0 radical (unpaired) electrons. The third kappa shape index (κ3) is 2.21. The van der Waals surface area contributed by atoms with E-state index in [0.717, 1.165) is 6.07 Å². The number of hydrogen-bond donors (Lipinski definition) is 3. The molecule has 0 fully saturated rings. The van der Waals surface area contributed by atoms with Gasteiger partial charge in [0.15, 0.2) is 0 Å². The lowest BCUT2D eigenvalue weighted by Crippen LogP contribution is -2.08. The zero-order valence-corrected chi connectivity index (χ0v) is 9.85. The van der Waals surface area contributed by atoms with Gasteiger partial charge in [0.05, 0.1) is 11.3 Å². The van der Waals surface area contributed by atoms with Crippen LogP contribution in [-0.2, 0) is 0 Å². The van der Waals surface area contributed by atoms with Crippen molar-refractivity contribution in [2.75, 3.05) is 5.73 Å². The van der Waals surface area contributed by atoms with Crippen LogP contribution >= 0.6 is 11.6 Å². The molecule has 5 nitrogen and oxygen atoms in total. The first kappa shape index (κ1) is 12.2. The lowest BCUT2D eigenvalue weighted by molar-refractivity contribution is 0.103. The van der Waals surface area contributed by atoms with Crippen molar-refractivity contribution in [3.8, 4) is 11.5 Å². The molecule has 2 aromatic rings. The molecule has 0 aliphatic carbocycles. The number of aromatic hydroxyl groups is 2. The van der Waals surface area contributed by atoms with Crippen LogP contribution in [0.15, 0.2) is 30.3 Å². The summed E-state index contributed by atoms with van der Waals surface area (Å²) in [5.74, 6) is -1.05. The van der Waals surface area contributed by atoms with Gasteiger partial charge < -0.3 is 15.9 Å². The highest BCUT2D eigenvalue weighted by molar-refractivity contribution is 6.29. The van der Waals surface area contributed by atoms with Crippen LogP contribution < -0.4 is 5.73 Å². The molecule has 0 atom stereocenters. The number of phenols is 2. The summed E-state index contributed by atoms with van der Waals surface area (Å²) in [6, 6.07) is 6.56. The molecule has 0 unspecified atom stereocenters. The first-order valence-electron chi connectivity index (χ1n) is 4.97. The lowest BCUT2D eigenvalue weighted by Gasteiger charge is -2.06. The first-order valence-corrected chi connectivity index (χ1v) is 5.35. The summed E-state index contributed by atoms with van der Waals surface area (Å²) in [7, 11) is 0. The van der Waals surface area contributed by atoms with Gasteiger partial charge in [-0.1, -0.05) is 11.6 Å². The number of carbonyl (C=O) groups is 1. The number of carbonyl (C=O) groups excluding carboxylic acids is 1. The van der Waals surface area contributed by atoms with E-state index in [2.05, 4.69) is 4.98 Å². The summed E-state index contributed by atoms with van der Waals surface area (Å²) in [6.07, 6.45) is 0. The van der Waals surface area contributed by atoms with Crippen molar-refractivity contribution in [1.82, 2.24) is 4.98 Å². The third-order valence-electron chi connectivity index (χ3n) is 2.33. The summed E-state index contributed by atoms with van der Waals surface area (Å²) >= 11 is 5.69. The van der Waals surface area contributed by atoms with E-state index in [1.54, 1.807) is 0 Å². The average molecular weight is 265 g/mol. The summed E-state index contributed by atoms with van der Waals surface area (Å²) in [4.78, 5) is 15.9. The van der Waals surface area contributed by atoms with E-state index in [9.17, 15) is 9.90 Å². The normalized spacial score (nSPS) is 10.3. The molecule has 4 N–H and O–H groups in total. The molecule has 18 heavy (non-hydrogen) atoms. The summed E-state index contributed by atoms with van der Waals surface area (Å²) in [5.41, 5.74) is 5.75. The van der Waals surface area contributed by atoms with Gasteiger partial charge in [0.2, 0.25) is 5.78 Å². The highest BCUT2D eigenvalue weighted by Crippen LogP contribution is 2.26. The number of aromatic nitrogens is 1. The van der Waals surface area contributed by atoms with Gasteiger partial charge in [-0.25, -0.2) is 4.98 Å². The number of pyridine rings is 1. The van der Waals surface area contributed by atoms with E-state index >= 15 is 0 Å². The highest BCUT2D eigenvalue weighted by atomic mass is 35.5. The summed E-state index contributed by atoms with van der Waals surface area (Å²) in [6.45, 7) is 0. The van der Waals surface area contributed by atoms with Gasteiger partial charge in [-0.05, 0) is 24.3 Å². The second-order valence-corrected chi connectivity index (χ2v) is 3.99. The van der Waals surface area contributed by atoms with E-state index < -0.39 is 5.78 Å². The van der Waals surface area contributed by atoms with Gasteiger partial charge in [0, 0.05) is 6.07 Å². The molecule has 0 aliphatic heterocycles. The molecule has 0 saturated heterocycles. The molecular weight excluding hydrogens is 256 g/mol. The van der Waals surface area contributed by atoms with E-state index in [-0.39, 0.29) is 33.6 Å². The summed E-state index contributed by atoms with van der Waals surface area (Å²) in [5, 5.41) is 18.9. The van der Waals surface area contributed by atoms with Crippen LogP contribution in [0.4, 0.5) is 5.69 Å². The maximum absolute atomic E-state index is 12.1. The van der Waals surface area contributed by atoms with E-state index in [1.807, 2.05) is 0 Å². The van der Waals surface area contributed by atoms with Crippen molar-refractivity contribution < 1.29 is 15.0 Å². The van der Waals surface area contributed by atoms with Gasteiger partial charge >= 0.3 is 0 Å². The van der Waals surface area contributed by atoms with Crippen molar-refractivity contribution in [2.45, 2.75) is 0 Å². The molecule has 6 heteroatoms. The number of nitrogens with zero attached hydrogens (tertiary/aromatic N) is 1. The standard InChI is InChI=1S/C12H9ClN2O3/c13-10-4-3-8(14)11(15-10)12(18)7-2-1-6(16)5-9(7)17/h1-5,16-17H,14H2. The van der Waals surface area contributed by atoms with Gasteiger partial charge in [-0.15, -0.1) is 0 Å². The molecule has 1 aromatic carbocycles. The SMILES string of the molecule is Nc1ccc(Cl)nc1C(=O)c1ccc(O)cc1O. The van der Waals surface area contributed by atoms with Crippen LogP contribution in [0.1, 0.15) is 16.1 Å². The van der Waals surface area contributed by atoms with Crippen LogP contribution in [0.25, 0.3) is 0 Å². The fourth-order valence-electron chi connectivity index (χ4n) is 1.47. The van der Waals surface area contributed by atoms with Crippen molar-refractivity contribution >= 4 is 23.1 Å². The smallest absolute Gasteiger partial charge is 0.217 e. The van der Waals surface area contributed by atoms with Crippen LogP contribution in [-0.4, -0.2) is 21.0 Å². The first-order chi connectivity index (χ1) is 8.49. The monoisotopic (exact) mass is 264 g/mol. The minimum absolute atomic E-state index is 0.00531. The van der Waals surface area contributed by atoms with Crippen LogP contribution in [0.3, 0.4) is 0 Å². The van der Waals surface area contributed by atoms with E-state index in [4.69, 9.17) is 22.4 Å². The Hall–Kier alpha value is -2.27.